The third kappa shape index (κ3) is 4.73. The summed E-state index contributed by atoms with van der Waals surface area (Å²) >= 11 is 0. The molecule has 4 heteroatoms. The van der Waals surface area contributed by atoms with E-state index in [1.54, 1.807) is 0 Å². The van der Waals surface area contributed by atoms with Crippen molar-refractivity contribution >= 4 is 93.5 Å². The minimum Gasteiger partial charge on any atom is -0.456 e. The predicted molar refractivity (Wildman–Crippen MR) is 233 cm³/mol. The highest BCUT2D eigenvalue weighted by Crippen LogP contribution is 2.42. The predicted octanol–water partition coefficient (Wildman–Crippen LogP) is 14.9. The SMILES string of the molecule is c1ccc2cc3c(cc2c1)c1ccccc1n3-c1ccc(-c2ccc(N(c3ccc4c(c3)oc3ccccc34)c3ccc4c(c3)oc3ccccc34)cc2)cc1. The molecule has 3 aromatic heterocycles. The van der Waals surface area contributed by atoms with Crippen LogP contribution in [0.4, 0.5) is 17.1 Å². The third-order valence-electron chi connectivity index (χ3n) is 11.4. The Morgan fingerprint density at radius 3 is 1.43 bits per heavy atom. The summed E-state index contributed by atoms with van der Waals surface area (Å²) in [5.74, 6) is 0. The zero-order chi connectivity index (χ0) is 36.7. The first-order valence-electron chi connectivity index (χ1n) is 19.0. The third-order valence-corrected chi connectivity index (χ3v) is 11.4. The molecule has 9 aromatic carbocycles. The summed E-state index contributed by atoms with van der Waals surface area (Å²) in [6, 6.07) is 69.1. The van der Waals surface area contributed by atoms with E-state index >= 15 is 0 Å². The highest BCUT2D eigenvalue weighted by atomic mass is 16.3. The lowest BCUT2D eigenvalue weighted by molar-refractivity contribution is 0.669. The van der Waals surface area contributed by atoms with Gasteiger partial charge in [-0.15, -0.1) is 0 Å². The van der Waals surface area contributed by atoms with Gasteiger partial charge in [-0.2, -0.15) is 0 Å². The average Bonchev–Trinajstić information content (AvgIpc) is 3.92. The first-order chi connectivity index (χ1) is 27.7. The fourth-order valence-electron chi connectivity index (χ4n) is 8.69. The molecule has 0 atom stereocenters. The Morgan fingerprint density at radius 2 is 0.804 bits per heavy atom. The van der Waals surface area contributed by atoms with Gasteiger partial charge >= 0.3 is 0 Å². The number of hydrogen-bond acceptors (Lipinski definition) is 3. The molecule has 12 rings (SSSR count). The molecule has 3 heterocycles. The molecule has 0 saturated carbocycles. The summed E-state index contributed by atoms with van der Waals surface area (Å²) in [5, 5.41) is 9.46. The van der Waals surface area contributed by atoms with Crippen LogP contribution in [0.3, 0.4) is 0 Å². The van der Waals surface area contributed by atoms with Crippen molar-refractivity contribution in [2.75, 3.05) is 4.90 Å². The number of furan rings is 2. The number of nitrogens with zero attached hydrogens (tertiary/aromatic N) is 2. The van der Waals surface area contributed by atoms with Crippen molar-refractivity contribution in [3.05, 3.63) is 194 Å². The molecule has 0 spiro atoms. The van der Waals surface area contributed by atoms with Gasteiger partial charge in [0.05, 0.1) is 11.0 Å². The Morgan fingerprint density at radius 1 is 0.321 bits per heavy atom. The quantitative estimate of drug-likeness (QED) is 0.178. The number of aromatic nitrogens is 1. The van der Waals surface area contributed by atoms with E-state index in [9.17, 15) is 0 Å². The summed E-state index contributed by atoms with van der Waals surface area (Å²) in [7, 11) is 0. The summed E-state index contributed by atoms with van der Waals surface area (Å²) in [5.41, 5.74) is 12.4. The Kier molecular flexibility index (Phi) is 6.60. The molecule has 0 unspecified atom stereocenters. The molecule has 0 bridgehead atoms. The normalized spacial score (nSPS) is 11.9. The van der Waals surface area contributed by atoms with Crippen LogP contribution in [-0.2, 0) is 0 Å². The van der Waals surface area contributed by atoms with Crippen LogP contribution >= 0.6 is 0 Å². The zero-order valence-corrected chi connectivity index (χ0v) is 30.2. The van der Waals surface area contributed by atoms with Gasteiger partial charge in [-0.3, -0.25) is 0 Å². The smallest absolute Gasteiger partial charge is 0.137 e. The number of fused-ring (bicyclic) bond motifs is 10. The Hall–Kier alpha value is -7.56. The molecular formula is C52H32N2O2. The summed E-state index contributed by atoms with van der Waals surface area (Å²) in [6.07, 6.45) is 0. The van der Waals surface area contributed by atoms with Gasteiger partial charge in [0.2, 0.25) is 0 Å². The van der Waals surface area contributed by atoms with Crippen molar-refractivity contribution in [2.24, 2.45) is 0 Å². The number of hydrogen-bond donors (Lipinski definition) is 0. The topological polar surface area (TPSA) is 34.5 Å². The minimum atomic E-state index is 0.853. The van der Waals surface area contributed by atoms with Crippen LogP contribution in [0.15, 0.2) is 203 Å². The second kappa shape index (κ2) is 12.0. The second-order valence-electron chi connectivity index (χ2n) is 14.6. The zero-order valence-electron chi connectivity index (χ0n) is 30.2. The first kappa shape index (κ1) is 30.9. The van der Waals surface area contributed by atoms with E-state index in [0.717, 1.165) is 77.8 Å². The average molecular weight is 717 g/mol. The number of benzene rings is 9. The highest BCUT2D eigenvalue weighted by Gasteiger charge is 2.18. The van der Waals surface area contributed by atoms with Gasteiger partial charge < -0.3 is 18.3 Å². The standard InChI is InChI=1S/C52H32N2O2/c1-2-10-36-30-48-46(29-35(36)9-1)41-11-3-6-14-47(41)54(48)38-23-19-34(20-24-38)33-17-21-37(22-18-33)53(39-25-27-44-42-12-4-7-15-49(42)55-51(44)31-39)40-26-28-45-43-13-5-8-16-50(43)56-52(45)32-40/h1-32H. The summed E-state index contributed by atoms with van der Waals surface area (Å²) in [4.78, 5) is 2.28. The molecular weight excluding hydrogens is 685 g/mol. The van der Waals surface area contributed by atoms with Crippen molar-refractivity contribution in [3.8, 4) is 16.8 Å². The van der Waals surface area contributed by atoms with Gasteiger partial charge in [0, 0.05) is 67.2 Å². The van der Waals surface area contributed by atoms with E-state index in [-0.39, 0.29) is 0 Å². The molecule has 0 N–H and O–H groups in total. The minimum absolute atomic E-state index is 0.853. The molecule has 4 nitrogen and oxygen atoms in total. The van der Waals surface area contributed by atoms with E-state index in [4.69, 9.17) is 8.83 Å². The molecule has 0 aliphatic rings. The molecule has 56 heavy (non-hydrogen) atoms. The van der Waals surface area contributed by atoms with Crippen molar-refractivity contribution in [2.45, 2.75) is 0 Å². The van der Waals surface area contributed by atoms with E-state index < -0.39 is 0 Å². The van der Waals surface area contributed by atoms with Gasteiger partial charge in [-0.05, 0) is 101 Å². The summed E-state index contributed by atoms with van der Waals surface area (Å²) in [6.45, 7) is 0. The largest absolute Gasteiger partial charge is 0.456 e. The number of para-hydroxylation sites is 3. The van der Waals surface area contributed by atoms with Gasteiger partial charge in [0.15, 0.2) is 0 Å². The lowest BCUT2D eigenvalue weighted by atomic mass is 10.0. The van der Waals surface area contributed by atoms with Crippen LogP contribution in [-0.4, -0.2) is 4.57 Å². The van der Waals surface area contributed by atoms with Crippen LogP contribution in [0.2, 0.25) is 0 Å². The lowest BCUT2D eigenvalue weighted by Gasteiger charge is -2.25. The second-order valence-corrected chi connectivity index (χ2v) is 14.6. The maximum atomic E-state index is 6.36. The highest BCUT2D eigenvalue weighted by molar-refractivity contribution is 6.14. The Labute approximate surface area is 321 Å². The Bertz CT molecular complexity index is 3360. The first-order valence-corrected chi connectivity index (χ1v) is 19.0. The number of rotatable bonds is 5. The van der Waals surface area contributed by atoms with Gasteiger partial charge in [0.1, 0.15) is 22.3 Å². The number of anilines is 3. The fraction of sp³-hybridized carbons (Fsp3) is 0. The van der Waals surface area contributed by atoms with Crippen LogP contribution in [0.25, 0.3) is 93.3 Å². The maximum absolute atomic E-state index is 6.36. The van der Waals surface area contributed by atoms with Crippen molar-refractivity contribution < 1.29 is 8.83 Å². The molecule has 0 fully saturated rings. The molecule has 262 valence electrons. The van der Waals surface area contributed by atoms with Crippen LogP contribution in [0, 0.1) is 0 Å². The fourth-order valence-corrected chi connectivity index (χ4v) is 8.69. The van der Waals surface area contributed by atoms with E-state index in [2.05, 4.69) is 179 Å². The van der Waals surface area contributed by atoms with Crippen LogP contribution < -0.4 is 4.90 Å². The van der Waals surface area contributed by atoms with Gasteiger partial charge in [0.25, 0.3) is 0 Å². The van der Waals surface area contributed by atoms with Crippen LogP contribution in [0.1, 0.15) is 0 Å². The molecule has 0 amide bonds. The van der Waals surface area contributed by atoms with Gasteiger partial charge in [-0.1, -0.05) is 103 Å². The van der Waals surface area contributed by atoms with Crippen molar-refractivity contribution in [1.29, 1.82) is 0 Å². The van der Waals surface area contributed by atoms with E-state index in [1.807, 2.05) is 24.3 Å². The molecule has 0 radical (unpaired) electrons. The van der Waals surface area contributed by atoms with Crippen LogP contribution in [0.5, 0.6) is 0 Å². The van der Waals surface area contributed by atoms with Gasteiger partial charge in [-0.25, -0.2) is 0 Å². The molecule has 0 aliphatic heterocycles. The summed E-state index contributed by atoms with van der Waals surface area (Å²) < 4.78 is 15.1. The van der Waals surface area contributed by atoms with E-state index in [0.29, 0.717) is 0 Å². The monoisotopic (exact) mass is 716 g/mol. The maximum Gasteiger partial charge on any atom is 0.137 e. The molecule has 0 aliphatic carbocycles. The molecule has 12 aromatic rings. The van der Waals surface area contributed by atoms with Crippen molar-refractivity contribution in [1.82, 2.24) is 4.57 Å². The van der Waals surface area contributed by atoms with E-state index in [1.165, 1.54) is 32.6 Å². The van der Waals surface area contributed by atoms with Crippen molar-refractivity contribution in [3.63, 3.8) is 0 Å². The lowest BCUT2D eigenvalue weighted by Crippen LogP contribution is -2.09. The Balaban J connectivity index is 0.945. The molecule has 0 saturated heterocycles.